The van der Waals surface area contributed by atoms with E-state index in [1.54, 1.807) is 19.2 Å². The summed E-state index contributed by atoms with van der Waals surface area (Å²) in [6.07, 6.45) is 0. The van der Waals surface area contributed by atoms with Crippen LogP contribution in [0.3, 0.4) is 0 Å². The van der Waals surface area contributed by atoms with E-state index in [4.69, 9.17) is 0 Å². The number of piperazine rings is 1. The number of carbonyl (C=O) groups is 1. The van der Waals surface area contributed by atoms with E-state index in [2.05, 4.69) is 10.6 Å². The molecule has 1 atom stereocenters. The minimum atomic E-state index is -0.407. The van der Waals surface area contributed by atoms with Crippen LogP contribution in [0.2, 0.25) is 0 Å². The van der Waals surface area contributed by atoms with Crippen LogP contribution in [0, 0.1) is 10.1 Å². The van der Waals surface area contributed by atoms with E-state index < -0.39 is 4.92 Å². The predicted octanol–water partition coefficient (Wildman–Crippen LogP) is 0.957. The lowest BCUT2D eigenvalue weighted by Crippen LogP contribution is -2.53. The first-order chi connectivity index (χ1) is 9.52. The summed E-state index contributed by atoms with van der Waals surface area (Å²) in [6.45, 7) is 3.68. The van der Waals surface area contributed by atoms with Gasteiger partial charge in [-0.05, 0) is 18.6 Å². The third-order valence-corrected chi connectivity index (χ3v) is 3.57. The van der Waals surface area contributed by atoms with E-state index in [0.29, 0.717) is 13.1 Å². The zero-order valence-electron chi connectivity index (χ0n) is 11.5. The summed E-state index contributed by atoms with van der Waals surface area (Å²) < 4.78 is 0. The number of hydrogen-bond acceptors (Lipinski definition) is 5. The molecule has 7 nitrogen and oxygen atoms in total. The van der Waals surface area contributed by atoms with Gasteiger partial charge in [0, 0.05) is 44.5 Å². The molecule has 2 N–H and O–H groups in total. The fraction of sp³-hybridized carbons (Fsp3) is 0.462. The molecule has 1 aromatic rings. The standard InChI is InChI=1S/C13H18N4O3/c1-9-13(18)15-5-6-16(9)8-10-7-11(17(19)20)3-4-12(10)14-2/h3-4,7,9,14H,5-6,8H2,1-2H3,(H,15,18). The Balaban J connectivity index is 2.24. The number of nitro groups is 1. The summed E-state index contributed by atoms with van der Waals surface area (Å²) in [6, 6.07) is 4.50. The van der Waals surface area contributed by atoms with Crippen LogP contribution in [-0.2, 0) is 11.3 Å². The van der Waals surface area contributed by atoms with Gasteiger partial charge in [-0.3, -0.25) is 19.8 Å². The summed E-state index contributed by atoms with van der Waals surface area (Å²) in [5, 5.41) is 16.7. The Bertz CT molecular complexity index is 532. The van der Waals surface area contributed by atoms with Gasteiger partial charge in [-0.1, -0.05) is 0 Å². The van der Waals surface area contributed by atoms with Crippen molar-refractivity contribution in [2.45, 2.75) is 19.5 Å². The summed E-state index contributed by atoms with van der Waals surface area (Å²) >= 11 is 0. The lowest BCUT2D eigenvalue weighted by Gasteiger charge is -2.33. The Morgan fingerprint density at radius 2 is 2.30 bits per heavy atom. The molecule has 1 aliphatic rings. The number of anilines is 1. The highest BCUT2D eigenvalue weighted by Gasteiger charge is 2.26. The first-order valence-electron chi connectivity index (χ1n) is 6.49. The van der Waals surface area contributed by atoms with E-state index >= 15 is 0 Å². The first-order valence-corrected chi connectivity index (χ1v) is 6.49. The molecule has 2 rings (SSSR count). The minimum absolute atomic E-state index is 0.00677. The number of carbonyl (C=O) groups excluding carboxylic acids is 1. The minimum Gasteiger partial charge on any atom is -0.388 e. The van der Waals surface area contributed by atoms with Crippen LogP contribution in [0.25, 0.3) is 0 Å². The number of hydrogen-bond donors (Lipinski definition) is 2. The molecule has 0 saturated carbocycles. The van der Waals surface area contributed by atoms with E-state index in [1.807, 2.05) is 11.8 Å². The Morgan fingerprint density at radius 3 is 2.95 bits per heavy atom. The molecule has 1 heterocycles. The molecule has 1 aromatic carbocycles. The van der Waals surface area contributed by atoms with Crippen molar-refractivity contribution in [1.82, 2.24) is 10.2 Å². The molecular weight excluding hydrogens is 260 g/mol. The van der Waals surface area contributed by atoms with Gasteiger partial charge in [-0.15, -0.1) is 0 Å². The van der Waals surface area contributed by atoms with Crippen LogP contribution in [0.4, 0.5) is 11.4 Å². The summed E-state index contributed by atoms with van der Waals surface area (Å²) in [7, 11) is 1.77. The van der Waals surface area contributed by atoms with Crippen molar-refractivity contribution in [1.29, 1.82) is 0 Å². The molecule has 1 amide bonds. The molecule has 0 aliphatic carbocycles. The van der Waals surface area contributed by atoms with Gasteiger partial charge < -0.3 is 10.6 Å². The Morgan fingerprint density at radius 1 is 1.55 bits per heavy atom. The third kappa shape index (κ3) is 2.88. The zero-order valence-corrected chi connectivity index (χ0v) is 11.5. The topological polar surface area (TPSA) is 87.5 Å². The highest BCUT2D eigenvalue weighted by molar-refractivity contribution is 5.82. The van der Waals surface area contributed by atoms with Crippen LogP contribution in [0.5, 0.6) is 0 Å². The van der Waals surface area contributed by atoms with Gasteiger partial charge in [0.05, 0.1) is 11.0 Å². The number of nitrogens with one attached hydrogen (secondary N) is 2. The van der Waals surface area contributed by atoms with Gasteiger partial charge in [0.2, 0.25) is 5.91 Å². The molecule has 0 bridgehead atoms. The van der Waals surface area contributed by atoms with Crippen LogP contribution in [0.15, 0.2) is 18.2 Å². The summed E-state index contributed by atoms with van der Waals surface area (Å²) in [5.41, 5.74) is 1.73. The molecule has 7 heteroatoms. The Hall–Kier alpha value is -2.15. The van der Waals surface area contributed by atoms with Gasteiger partial charge in [-0.25, -0.2) is 0 Å². The van der Waals surface area contributed by atoms with Crippen molar-refractivity contribution in [3.63, 3.8) is 0 Å². The monoisotopic (exact) mass is 278 g/mol. The van der Waals surface area contributed by atoms with Crippen molar-refractivity contribution in [2.75, 3.05) is 25.5 Å². The number of nitro benzene ring substituents is 1. The van der Waals surface area contributed by atoms with Gasteiger partial charge in [0.25, 0.3) is 5.69 Å². The lowest BCUT2D eigenvalue weighted by atomic mass is 10.1. The number of non-ortho nitro benzene ring substituents is 1. The molecule has 1 saturated heterocycles. The lowest BCUT2D eigenvalue weighted by molar-refractivity contribution is -0.384. The van der Waals surface area contributed by atoms with E-state index in [-0.39, 0.29) is 17.6 Å². The van der Waals surface area contributed by atoms with E-state index in [1.165, 1.54) is 6.07 Å². The number of amides is 1. The van der Waals surface area contributed by atoms with Gasteiger partial charge in [-0.2, -0.15) is 0 Å². The second kappa shape index (κ2) is 5.87. The molecule has 1 aliphatic heterocycles. The number of nitrogens with zero attached hydrogens (tertiary/aromatic N) is 2. The van der Waals surface area contributed by atoms with Crippen LogP contribution in [0.1, 0.15) is 12.5 Å². The number of rotatable bonds is 4. The molecule has 0 spiro atoms. The second-order valence-corrected chi connectivity index (χ2v) is 4.79. The Kier molecular flexibility index (Phi) is 4.19. The van der Waals surface area contributed by atoms with Crippen molar-refractivity contribution in [3.8, 4) is 0 Å². The fourth-order valence-electron chi connectivity index (χ4n) is 2.33. The SMILES string of the molecule is CNc1ccc([N+](=O)[O-])cc1CN1CCNC(=O)C1C. The maximum atomic E-state index is 11.6. The largest absolute Gasteiger partial charge is 0.388 e. The van der Waals surface area contributed by atoms with Crippen molar-refractivity contribution >= 4 is 17.3 Å². The highest BCUT2D eigenvalue weighted by Crippen LogP contribution is 2.24. The maximum absolute atomic E-state index is 11.6. The van der Waals surface area contributed by atoms with Crippen LogP contribution < -0.4 is 10.6 Å². The molecule has 0 aromatic heterocycles. The van der Waals surface area contributed by atoms with Crippen molar-refractivity contribution in [3.05, 3.63) is 33.9 Å². The van der Waals surface area contributed by atoms with Crippen molar-refractivity contribution < 1.29 is 9.72 Å². The fourth-order valence-corrected chi connectivity index (χ4v) is 2.33. The quantitative estimate of drug-likeness (QED) is 0.632. The van der Waals surface area contributed by atoms with E-state index in [9.17, 15) is 14.9 Å². The molecule has 20 heavy (non-hydrogen) atoms. The van der Waals surface area contributed by atoms with Crippen LogP contribution in [-0.4, -0.2) is 41.9 Å². The summed E-state index contributed by atoms with van der Waals surface area (Å²) in [5.74, 6) is -0.00677. The molecule has 108 valence electrons. The average Bonchev–Trinajstić information content (AvgIpc) is 2.43. The Labute approximate surface area is 117 Å². The van der Waals surface area contributed by atoms with Gasteiger partial charge in [0.15, 0.2) is 0 Å². The number of benzene rings is 1. The zero-order chi connectivity index (χ0) is 14.7. The van der Waals surface area contributed by atoms with Crippen molar-refractivity contribution in [2.24, 2.45) is 0 Å². The highest BCUT2D eigenvalue weighted by atomic mass is 16.6. The van der Waals surface area contributed by atoms with Gasteiger partial charge in [0.1, 0.15) is 0 Å². The maximum Gasteiger partial charge on any atom is 0.269 e. The first kappa shape index (κ1) is 14.3. The average molecular weight is 278 g/mol. The smallest absolute Gasteiger partial charge is 0.269 e. The van der Waals surface area contributed by atoms with Crippen LogP contribution >= 0.6 is 0 Å². The van der Waals surface area contributed by atoms with Gasteiger partial charge >= 0.3 is 0 Å². The molecule has 1 unspecified atom stereocenters. The third-order valence-electron chi connectivity index (χ3n) is 3.57. The predicted molar refractivity (Wildman–Crippen MR) is 75.5 cm³/mol. The normalized spacial score (nSPS) is 19.5. The molecule has 1 fully saturated rings. The van der Waals surface area contributed by atoms with E-state index in [0.717, 1.165) is 17.8 Å². The second-order valence-electron chi connectivity index (χ2n) is 4.79. The summed E-state index contributed by atoms with van der Waals surface area (Å²) in [4.78, 5) is 24.1. The molecular formula is C13H18N4O3. The molecule has 0 radical (unpaired) electrons.